The minimum Gasteiger partial charge on any atom is -0.484 e. The van der Waals surface area contributed by atoms with Crippen LogP contribution in [0.1, 0.15) is 32.1 Å². The van der Waals surface area contributed by atoms with Crippen LogP contribution in [0.25, 0.3) is 0 Å². The maximum absolute atomic E-state index is 12.0. The fourth-order valence-corrected chi connectivity index (χ4v) is 2.97. The molecule has 0 bridgehead atoms. The summed E-state index contributed by atoms with van der Waals surface area (Å²) < 4.78 is 6.37. The third-order valence-electron chi connectivity index (χ3n) is 3.68. The number of carbonyl (C=O) groups is 1. The summed E-state index contributed by atoms with van der Waals surface area (Å²) in [6, 6.07) is 7.37. The molecule has 1 fully saturated rings. The minimum absolute atomic E-state index is 0.00434. The molecule has 0 atom stereocenters. The van der Waals surface area contributed by atoms with Gasteiger partial charge in [0.05, 0.1) is 12.1 Å². The van der Waals surface area contributed by atoms with Crippen LogP contribution in [-0.2, 0) is 4.79 Å². The quantitative estimate of drug-likeness (QED) is 0.865. The van der Waals surface area contributed by atoms with Crippen molar-refractivity contribution in [3.8, 4) is 5.75 Å². The molecule has 1 aromatic carbocycles. The van der Waals surface area contributed by atoms with Gasteiger partial charge in [-0.25, -0.2) is 0 Å². The number of hydrogen-bond acceptors (Lipinski definition) is 3. The van der Waals surface area contributed by atoms with Gasteiger partial charge in [0.15, 0.2) is 6.61 Å². The lowest BCUT2D eigenvalue weighted by Gasteiger charge is -2.36. The topological polar surface area (TPSA) is 58.6 Å². The van der Waals surface area contributed by atoms with Gasteiger partial charge in [-0.3, -0.25) is 4.79 Å². The van der Waals surface area contributed by atoms with Crippen LogP contribution in [0.15, 0.2) is 28.7 Å². The fourth-order valence-electron chi connectivity index (χ4n) is 2.59. The van der Waals surface area contributed by atoms with Crippen LogP contribution in [0.4, 0.5) is 0 Å². The summed E-state index contributed by atoms with van der Waals surface area (Å²) in [4.78, 5) is 12.0. The van der Waals surface area contributed by atoms with Crippen molar-refractivity contribution < 1.29 is 14.6 Å². The molecule has 0 heterocycles. The number of hydrogen-bond donors (Lipinski definition) is 2. The summed E-state index contributed by atoms with van der Waals surface area (Å²) in [7, 11) is 0. The summed E-state index contributed by atoms with van der Waals surface area (Å²) in [6.45, 7) is -0.0339. The van der Waals surface area contributed by atoms with E-state index >= 15 is 0 Å². The van der Waals surface area contributed by atoms with Crippen LogP contribution in [0.5, 0.6) is 5.75 Å². The molecular formula is C15H20BrNO3. The number of halogens is 1. The Kier molecular flexibility index (Phi) is 5.43. The number of rotatable bonds is 5. The molecule has 20 heavy (non-hydrogen) atoms. The van der Waals surface area contributed by atoms with Crippen LogP contribution < -0.4 is 10.1 Å². The van der Waals surface area contributed by atoms with Gasteiger partial charge in [0.2, 0.25) is 0 Å². The first-order chi connectivity index (χ1) is 9.63. The first-order valence-corrected chi connectivity index (χ1v) is 7.73. The molecule has 2 rings (SSSR count). The fraction of sp³-hybridized carbons (Fsp3) is 0.533. The van der Waals surface area contributed by atoms with Crippen molar-refractivity contribution in [2.24, 2.45) is 0 Å². The van der Waals surface area contributed by atoms with E-state index in [4.69, 9.17) is 4.74 Å². The van der Waals surface area contributed by atoms with Crippen LogP contribution in [0, 0.1) is 0 Å². The highest BCUT2D eigenvalue weighted by Crippen LogP contribution is 2.27. The van der Waals surface area contributed by atoms with Gasteiger partial charge in [0.25, 0.3) is 5.91 Å². The summed E-state index contributed by atoms with van der Waals surface area (Å²) in [5.41, 5.74) is -0.448. The highest BCUT2D eigenvalue weighted by atomic mass is 79.9. The summed E-state index contributed by atoms with van der Waals surface area (Å²) >= 11 is 3.35. The summed E-state index contributed by atoms with van der Waals surface area (Å²) in [5.74, 6) is 0.470. The Morgan fingerprint density at radius 2 is 2.10 bits per heavy atom. The van der Waals surface area contributed by atoms with Gasteiger partial charge >= 0.3 is 0 Å². The lowest BCUT2D eigenvalue weighted by molar-refractivity contribution is -0.126. The second-order valence-corrected chi connectivity index (χ2v) is 6.21. The van der Waals surface area contributed by atoms with Gasteiger partial charge < -0.3 is 15.2 Å². The monoisotopic (exact) mass is 341 g/mol. The number of benzene rings is 1. The van der Waals surface area contributed by atoms with Gasteiger partial charge in [-0.2, -0.15) is 0 Å². The SMILES string of the molecule is O=C(COc1cccc(Br)c1)NC1(CO)CCCCC1. The summed E-state index contributed by atoms with van der Waals surface area (Å²) in [5, 5.41) is 12.5. The van der Waals surface area contributed by atoms with Crippen LogP contribution in [0.2, 0.25) is 0 Å². The van der Waals surface area contributed by atoms with E-state index in [0.717, 1.165) is 30.2 Å². The van der Waals surface area contributed by atoms with E-state index in [1.807, 2.05) is 18.2 Å². The smallest absolute Gasteiger partial charge is 0.258 e. The van der Waals surface area contributed by atoms with Crippen LogP contribution in [0.3, 0.4) is 0 Å². The van der Waals surface area contributed by atoms with Gasteiger partial charge in [0, 0.05) is 4.47 Å². The second kappa shape index (κ2) is 7.09. The van der Waals surface area contributed by atoms with Crippen molar-refractivity contribution in [2.45, 2.75) is 37.6 Å². The molecule has 2 N–H and O–H groups in total. The zero-order valence-corrected chi connectivity index (χ0v) is 13.0. The molecule has 1 amide bonds. The highest BCUT2D eigenvalue weighted by Gasteiger charge is 2.32. The molecule has 0 unspecified atom stereocenters. The number of aliphatic hydroxyl groups excluding tert-OH is 1. The van der Waals surface area contributed by atoms with E-state index < -0.39 is 5.54 Å². The van der Waals surface area contributed by atoms with Gasteiger partial charge in [-0.05, 0) is 31.0 Å². The van der Waals surface area contributed by atoms with Crippen molar-refractivity contribution in [2.75, 3.05) is 13.2 Å². The Balaban J connectivity index is 1.85. The Labute approximate surface area is 127 Å². The Morgan fingerprint density at radius 1 is 1.35 bits per heavy atom. The normalized spacial score (nSPS) is 17.5. The molecule has 0 spiro atoms. The van der Waals surface area contributed by atoms with E-state index in [1.165, 1.54) is 6.42 Å². The van der Waals surface area contributed by atoms with Gasteiger partial charge in [-0.1, -0.05) is 41.3 Å². The van der Waals surface area contributed by atoms with Crippen molar-refractivity contribution in [3.63, 3.8) is 0 Å². The molecule has 1 saturated carbocycles. The average molecular weight is 342 g/mol. The first-order valence-electron chi connectivity index (χ1n) is 6.94. The van der Waals surface area contributed by atoms with E-state index in [0.29, 0.717) is 5.75 Å². The molecule has 5 heteroatoms. The first kappa shape index (κ1) is 15.3. The maximum atomic E-state index is 12.0. The van der Waals surface area contributed by atoms with E-state index in [-0.39, 0.29) is 19.1 Å². The van der Waals surface area contributed by atoms with Gasteiger partial charge in [0.1, 0.15) is 5.75 Å². The second-order valence-electron chi connectivity index (χ2n) is 5.29. The lowest BCUT2D eigenvalue weighted by atomic mass is 9.82. The zero-order chi connectivity index (χ0) is 14.4. The number of nitrogens with one attached hydrogen (secondary N) is 1. The van der Waals surface area contributed by atoms with Crippen LogP contribution >= 0.6 is 15.9 Å². The van der Waals surface area contributed by atoms with Crippen LogP contribution in [-0.4, -0.2) is 29.8 Å². The van der Waals surface area contributed by atoms with Crippen molar-refractivity contribution in [1.29, 1.82) is 0 Å². The highest BCUT2D eigenvalue weighted by molar-refractivity contribution is 9.10. The molecular weight excluding hydrogens is 322 g/mol. The Bertz CT molecular complexity index is 458. The average Bonchev–Trinajstić information content (AvgIpc) is 2.46. The molecule has 1 aliphatic carbocycles. The Hall–Kier alpha value is -1.07. The number of carbonyl (C=O) groups excluding carboxylic acids is 1. The minimum atomic E-state index is -0.448. The standard InChI is InChI=1S/C15H20BrNO3/c16-12-5-4-6-13(9-12)20-10-14(19)17-15(11-18)7-2-1-3-8-15/h4-6,9,18H,1-3,7-8,10-11H2,(H,17,19). The molecule has 110 valence electrons. The van der Waals surface area contributed by atoms with Crippen molar-refractivity contribution in [3.05, 3.63) is 28.7 Å². The van der Waals surface area contributed by atoms with E-state index in [9.17, 15) is 9.90 Å². The molecule has 1 aliphatic rings. The maximum Gasteiger partial charge on any atom is 0.258 e. The number of ether oxygens (including phenoxy) is 1. The van der Waals surface area contributed by atoms with Crippen molar-refractivity contribution in [1.82, 2.24) is 5.32 Å². The molecule has 0 saturated heterocycles. The Morgan fingerprint density at radius 3 is 2.75 bits per heavy atom. The third kappa shape index (κ3) is 4.21. The third-order valence-corrected chi connectivity index (χ3v) is 4.18. The largest absolute Gasteiger partial charge is 0.484 e. The predicted molar refractivity (Wildman–Crippen MR) is 80.7 cm³/mol. The van der Waals surface area contributed by atoms with Gasteiger partial charge in [-0.15, -0.1) is 0 Å². The predicted octanol–water partition coefficient (Wildman–Crippen LogP) is 2.64. The number of aliphatic hydroxyl groups is 1. The van der Waals surface area contributed by atoms with Crippen molar-refractivity contribution >= 4 is 21.8 Å². The number of amides is 1. The zero-order valence-electron chi connectivity index (χ0n) is 11.4. The summed E-state index contributed by atoms with van der Waals surface area (Å²) in [6.07, 6.45) is 4.95. The molecule has 0 aromatic heterocycles. The molecule has 0 radical (unpaired) electrons. The van der Waals surface area contributed by atoms with E-state index in [2.05, 4.69) is 21.2 Å². The molecule has 4 nitrogen and oxygen atoms in total. The lowest BCUT2D eigenvalue weighted by Crippen LogP contribution is -2.53. The molecule has 0 aliphatic heterocycles. The van der Waals surface area contributed by atoms with E-state index in [1.54, 1.807) is 6.07 Å². The molecule has 1 aromatic rings.